The van der Waals surface area contributed by atoms with Crippen molar-refractivity contribution in [1.82, 2.24) is 9.21 Å². The first-order chi connectivity index (χ1) is 18.0. The van der Waals surface area contributed by atoms with Crippen LogP contribution in [0.25, 0.3) is 0 Å². The van der Waals surface area contributed by atoms with Crippen LogP contribution in [0.1, 0.15) is 36.0 Å². The van der Waals surface area contributed by atoms with Gasteiger partial charge in [0.2, 0.25) is 10.0 Å². The molecule has 3 aromatic rings. The summed E-state index contributed by atoms with van der Waals surface area (Å²) in [6.07, 6.45) is 5.74. The lowest BCUT2D eigenvalue weighted by Crippen LogP contribution is -2.38. The number of amides is 1. The van der Waals surface area contributed by atoms with Gasteiger partial charge in [-0.25, -0.2) is 8.42 Å². The molecule has 0 radical (unpaired) electrons. The van der Waals surface area contributed by atoms with Crippen molar-refractivity contribution in [2.45, 2.75) is 37.1 Å². The molecule has 2 aliphatic heterocycles. The summed E-state index contributed by atoms with van der Waals surface area (Å²) in [7, 11) is -3.57. The monoisotopic (exact) mass is 517 g/mol. The van der Waals surface area contributed by atoms with E-state index < -0.39 is 10.0 Å². The van der Waals surface area contributed by atoms with Crippen molar-refractivity contribution in [3.05, 3.63) is 89.5 Å². The predicted octanol–water partition coefficient (Wildman–Crippen LogP) is 4.58. The van der Waals surface area contributed by atoms with Crippen LogP contribution in [-0.2, 0) is 27.8 Å². The largest absolute Gasteiger partial charge is 0.484 e. The van der Waals surface area contributed by atoms with Crippen LogP contribution in [0.5, 0.6) is 5.75 Å². The van der Waals surface area contributed by atoms with Crippen LogP contribution in [0.4, 0.5) is 5.69 Å². The highest BCUT2D eigenvalue weighted by molar-refractivity contribution is 7.89. The molecule has 2 aliphatic rings. The van der Waals surface area contributed by atoms with E-state index in [1.807, 2.05) is 47.4 Å². The lowest BCUT2D eigenvalue weighted by atomic mass is 10.0. The summed E-state index contributed by atoms with van der Waals surface area (Å²) >= 11 is 0. The number of carbonyl (C=O) groups excluding carboxylic acids is 1. The van der Waals surface area contributed by atoms with Crippen molar-refractivity contribution in [1.29, 1.82) is 0 Å². The molecule has 0 aliphatic carbocycles. The second-order valence-electron chi connectivity index (χ2n) is 9.41. The number of fused-ring (bicyclic) bond motifs is 1. The molecule has 0 aromatic heterocycles. The Balaban J connectivity index is 1.16. The summed E-state index contributed by atoms with van der Waals surface area (Å²) in [5.41, 5.74) is 3.81. The van der Waals surface area contributed by atoms with Crippen LogP contribution in [0.3, 0.4) is 0 Å². The number of ether oxygens (including phenoxy) is 1. The molecule has 1 fully saturated rings. The molecule has 0 bridgehead atoms. The van der Waals surface area contributed by atoms with Crippen molar-refractivity contribution in [3.8, 4) is 5.75 Å². The van der Waals surface area contributed by atoms with Crippen molar-refractivity contribution < 1.29 is 17.9 Å². The average molecular weight is 518 g/mol. The molecule has 2 heterocycles. The zero-order chi connectivity index (χ0) is 25.7. The van der Waals surface area contributed by atoms with E-state index in [4.69, 9.17) is 4.74 Å². The molecule has 1 saturated heterocycles. The zero-order valence-electron chi connectivity index (χ0n) is 20.8. The normalized spacial score (nSPS) is 16.5. The maximum absolute atomic E-state index is 13.2. The molecule has 3 aromatic carbocycles. The van der Waals surface area contributed by atoms with Gasteiger partial charge in [0.1, 0.15) is 5.75 Å². The maximum Gasteiger partial charge on any atom is 0.260 e. The number of hydrogen-bond acceptors (Lipinski definition) is 5. The fraction of sp³-hybridized carbons (Fsp3) is 0.310. The third kappa shape index (κ3) is 6.09. The van der Waals surface area contributed by atoms with Gasteiger partial charge < -0.3 is 9.64 Å². The molecule has 37 heavy (non-hydrogen) atoms. The van der Waals surface area contributed by atoms with Crippen LogP contribution in [0, 0.1) is 0 Å². The Bertz CT molecular complexity index is 1360. The van der Waals surface area contributed by atoms with Crippen LogP contribution < -0.4 is 4.74 Å². The zero-order valence-corrected chi connectivity index (χ0v) is 21.6. The van der Waals surface area contributed by atoms with E-state index in [9.17, 15) is 13.2 Å². The number of benzene rings is 3. The number of nitrogens with zero attached hydrogens (tertiary/aromatic N) is 3. The van der Waals surface area contributed by atoms with E-state index in [-0.39, 0.29) is 17.4 Å². The number of rotatable bonds is 7. The first-order valence-electron chi connectivity index (χ1n) is 12.7. The predicted molar refractivity (Wildman–Crippen MR) is 144 cm³/mol. The van der Waals surface area contributed by atoms with Gasteiger partial charge in [-0.3, -0.25) is 9.79 Å². The summed E-state index contributed by atoms with van der Waals surface area (Å²) in [5, 5.41) is 0. The van der Waals surface area contributed by atoms with Gasteiger partial charge in [-0.15, -0.1) is 0 Å². The average Bonchev–Trinajstić information content (AvgIpc) is 2.95. The van der Waals surface area contributed by atoms with Gasteiger partial charge in [0, 0.05) is 32.4 Å². The second-order valence-corrected chi connectivity index (χ2v) is 11.3. The first kappa shape index (κ1) is 25.2. The van der Waals surface area contributed by atoms with E-state index in [1.54, 1.807) is 30.5 Å². The molecule has 0 N–H and O–H groups in total. The third-order valence-corrected chi connectivity index (χ3v) is 8.74. The quantitative estimate of drug-likeness (QED) is 0.430. The summed E-state index contributed by atoms with van der Waals surface area (Å²) in [5.74, 6) is 0.665. The summed E-state index contributed by atoms with van der Waals surface area (Å²) < 4.78 is 33.5. The fourth-order valence-corrected chi connectivity index (χ4v) is 6.13. The van der Waals surface area contributed by atoms with E-state index in [2.05, 4.69) is 11.1 Å². The molecule has 7 nitrogen and oxygen atoms in total. The SMILES string of the molecule is O=C(COc1ccc(C=Nc2ccc(S(=O)(=O)N3CCc4ccccc4C3)cc2)cc1)N1CCCCC1. The van der Waals surface area contributed by atoms with Crippen LogP contribution >= 0.6 is 0 Å². The van der Waals surface area contributed by atoms with E-state index in [1.165, 1.54) is 16.3 Å². The molecule has 5 rings (SSSR count). The topological polar surface area (TPSA) is 79.3 Å². The molecular weight excluding hydrogens is 486 g/mol. The van der Waals surface area contributed by atoms with Crippen molar-refractivity contribution in [2.75, 3.05) is 26.2 Å². The van der Waals surface area contributed by atoms with E-state index in [0.717, 1.165) is 43.5 Å². The second kappa shape index (κ2) is 11.3. The van der Waals surface area contributed by atoms with Gasteiger partial charge in [0.05, 0.1) is 10.6 Å². The number of hydrogen-bond donors (Lipinski definition) is 0. The van der Waals surface area contributed by atoms with Crippen LogP contribution in [-0.4, -0.2) is 56.0 Å². The Hall–Kier alpha value is -3.49. The summed E-state index contributed by atoms with van der Waals surface area (Å²) in [4.78, 5) is 18.9. The van der Waals surface area contributed by atoms with Crippen molar-refractivity contribution >= 4 is 27.8 Å². The first-order valence-corrected chi connectivity index (χ1v) is 14.1. The molecule has 192 valence electrons. The molecule has 0 atom stereocenters. The highest BCUT2D eigenvalue weighted by Gasteiger charge is 2.28. The van der Waals surface area contributed by atoms with Crippen LogP contribution in [0.2, 0.25) is 0 Å². The van der Waals surface area contributed by atoms with Gasteiger partial charge in [-0.05, 0) is 90.9 Å². The Kier molecular flexibility index (Phi) is 7.67. The highest BCUT2D eigenvalue weighted by atomic mass is 32.2. The van der Waals surface area contributed by atoms with Crippen molar-refractivity contribution in [2.24, 2.45) is 4.99 Å². The number of sulfonamides is 1. The summed E-state index contributed by atoms with van der Waals surface area (Å²) in [6, 6.07) is 22.0. The third-order valence-electron chi connectivity index (χ3n) is 6.88. The lowest BCUT2D eigenvalue weighted by Gasteiger charge is -2.28. The number of piperidine rings is 1. The van der Waals surface area contributed by atoms with Gasteiger partial charge in [0.25, 0.3) is 5.91 Å². The standard InChI is InChI=1S/C29H31N3O4S/c33-29(31-17-4-1-5-18-31)22-36-27-12-8-23(9-13-27)20-30-26-10-14-28(15-11-26)37(34,35)32-19-16-24-6-2-3-7-25(24)21-32/h2-3,6-15,20H,1,4-5,16-19,21-22H2. The van der Waals surface area contributed by atoms with Crippen molar-refractivity contribution in [3.63, 3.8) is 0 Å². The number of likely N-dealkylation sites (tertiary alicyclic amines) is 1. The molecule has 8 heteroatoms. The Morgan fingerprint density at radius 1 is 0.865 bits per heavy atom. The molecule has 0 saturated carbocycles. The Morgan fingerprint density at radius 2 is 1.57 bits per heavy atom. The lowest BCUT2D eigenvalue weighted by molar-refractivity contribution is -0.134. The molecule has 1 amide bonds. The van der Waals surface area contributed by atoms with Gasteiger partial charge in [-0.1, -0.05) is 24.3 Å². The fourth-order valence-electron chi connectivity index (χ4n) is 4.71. The van der Waals surface area contributed by atoms with E-state index in [0.29, 0.717) is 24.5 Å². The smallest absolute Gasteiger partial charge is 0.260 e. The van der Waals surface area contributed by atoms with Gasteiger partial charge in [0.15, 0.2) is 6.61 Å². The number of carbonyl (C=O) groups is 1. The Morgan fingerprint density at radius 3 is 2.30 bits per heavy atom. The minimum atomic E-state index is -3.57. The van der Waals surface area contributed by atoms with Gasteiger partial charge in [-0.2, -0.15) is 4.31 Å². The Labute approximate surface area is 218 Å². The summed E-state index contributed by atoms with van der Waals surface area (Å²) in [6.45, 7) is 2.55. The highest BCUT2D eigenvalue weighted by Crippen LogP contribution is 2.26. The minimum Gasteiger partial charge on any atom is -0.484 e. The maximum atomic E-state index is 13.2. The van der Waals surface area contributed by atoms with Crippen LogP contribution in [0.15, 0.2) is 82.7 Å². The van der Waals surface area contributed by atoms with Gasteiger partial charge >= 0.3 is 0 Å². The molecular formula is C29H31N3O4S. The molecule has 0 unspecified atom stereocenters. The minimum absolute atomic E-state index is 0.0286. The van der Waals surface area contributed by atoms with E-state index >= 15 is 0 Å². The molecule has 0 spiro atoms. The number of aliphatic imine (C=N–C) groups is 1.